The van der Waals surface area contributed by atoms with Crippen LogP contribution in [0.1, 0.15) is 17.3 Å². The Kier molecular flexibility index (Phi) is 3.30. The number of H-pyrrole nitrogens is 2. The van der Waals surface area contributed by atoms with E-state index < -0.39 is 11.2 Å². The molecule has 3 rings (SSSR count). The summed E-state index contributed by atoms with van der Waals surface area (Å²) in [5, 5.41) is 3.41. The molecule has 1 aliphatic rings. The van der Waals surface area contributed by atoms with E-state index in [-0.39, 0.29) is 23.0 Å². The molecule has 1 atom stereocenters. The van der Waals surface area contributed by atoms with Crippen LogP contribution in [0.25, 0.3) is 11.0 Å². The minimum absolute atomic E-state index is 0.0795. The Morgan fingerprint density at radius 3 is 2.95 bits per heavy atom. The fourth-order valence-electron chi connectivity index (χ4n) is 2.47. The van der Waals surface area contributed by atoms with Crippen LogP contribution in [0.4, 0.5) is 0 Å². The van der Waals surface area contributed by atoms with Crippen molar-refractivity contribution in [3.05, 3.63) is 38.7 Å². The summed E-state index contributed by atoms with van der Waals surface area (Å²) in [5.74, 6) is -0.163. The third kappa shape index (κ3) is 2.45. The van der Waals surface area contributed by atoms with Crippen molar-refractivity contribution in [3.8, 4) is 0 Å². The fraction of sp³-hybridized carbons (Fsp3) is 0.385. The first-order valence-corrected chi connectivity index (χ1v) is 6.70. The van der Waals surface area contributed by atoms with Crippen molar-refractivity contribution in [2.45, 2.75) is 13.0 Å². The number of carbonyl (C=O) groups is 1. The molecule has 1 amide bonds. The number of nitrogens with zero attached hydrogens (tertiary/aromatic N) is 2. The molecule has 0 aromatic carbocycles. The maximum Gasteiger partial charge on any atom is 0.327 e. The first-order valence-electron chi connectivity index (χ1n) is 6.70. The molecular weight excluding hydrogens is 274 g/mol. The lowest BCUT2D eigenvalue weighted by atomic mass is 10.1. The van der Waals surface area contributed by atoms with Crippen molar-refractivity contribution >= 4 is 16.9 Å². The van der Waals surface area contributed by atoms with E-state index in [2.05, 4.69) is 20.3 Å². The van der Waals surface area contributed by atoms with Crippen LogP contribution in [0.15, 0.2) is 21.9 Å². The molecule has 1 aliphatic heterocycles. The number of fused-ring (bicyclic) bond motifs is 1. The molecule has 0 aliphatic carbocycles. The Morgan fingerprint density at radius 2 is 2.19 bits per heavy atom. The normalized spacial score (nSPS) is 18.9. The molecule has 0 unspecified atom stereocenters. The Hall–Kier alpha value is -2.48. The highest BCUT2D eigenvalue weighted by Gasteiger charge is 2.24. The van der Waals surface area contributed by atoms with Gasteiger partial charge in [-0.3, -0.25) is 19.6 Å². The monoisotopic (exact) mass is 289 g/mol. The molecule has 8 heteroatoms. The molecule has 2 aromatic heterocycles. The van der Waals surface area contributed by atoms with Crippen molar-refractivity contribution in [2.24, 2.45) is 0 Å². The minimum Gasteiger partial charge on any atom is -0.333 e. The molecule has 2 aromatic rings. The number of carbonyl (C=O) groups excluding carboxylic acids is 1. The second-order valence-corrected chi connectivity index (χ2v) is 5.08. The standard InChI is InChI=1S/C13H15N5O3/c1-7-5-14-2-3-18(7)12(20)8-4-9-10(15-6-8)16-13(21)17-11(9)19/h4,6-7,14H,2-3,5H2,1H3,(H2,15,16,17,19,21)/t7-/m0/s1. The van der Waals surface area contributed by atoms with Crippen LogP contribution in [0.2, 0.25) is 0 Å². The van der Waals surface area contributed by atoms with Gasteiger partial charge in [0.15, 0.2) is 0 Å². The van der Waals surface area contributed by atoms with Gasteiger partial charge in [-0.2, -0.15) is 0 Å². The minimum atomic E-state index is -0.616. The van der Waals surface area contributed by atoms with Crippen molar-refractivity contribution in [1.82, 2.24) is 25.2 Å². The van der Waals surface area contributed by atoms with Gasteiger partial charge in [-0.05, 0) is 13.0 Å². The van der Waals surface area contributed by atoms with Gasteiger partial charge in [0.1, 0.15) is 5.65 Å². The van der Waals surface area contributed by atoms with Crippen molar-refractivity contribution in [1.29, 1.82) is 0 Å². The van der Waals surface area contributed by atoms with Gasteiger partial charge in [-0.15, -0.1) is 0 Å². The molecule has 0 saturated carbocycles. The van der Waals surface area contributed by atoms with E-state index in [0.29, 0.717) is 12.1 Å². The van der Waals surface area contributed by atoms with Gasteiger partial charge in [0.05, 0.1) is 10.9 Å². The fourth-order valence-corrected chi connectivity index (χ4v) is 2.47. The summed E-state index contributed by atoms with van der Waals surface area (Å²) in [4.78, 5) is 45.8. The highest BCUT2D eigenvalue weighted by Crippen LogP contribution is 2.12. The summed E-state index contributed by atoms with van der Waals surface area (Å²) >= 11 is 0. The maximum atomic E-state index is 12.5. The number of aromatic amines is 2. The van der Waals surface area contributed by atoms with E-state index >= 15 is 0 Å². The molecule has 3 heterocycles. The van der Waals surface area contributed by atoms with Crippen LogP contribution in [-0.4, -0.2) is 51.4 Å². The Morgan fingerprint density at radius 1 is 1.38 bits per heavy atom. The average Bonchev–Trinajstić information content (AvgIpc) is 2.46. The lowest BCUT2D eigenvalue weighted by Crippen LogP contribution is -2.52. The van der Waals surface area contributed by atoms with Gasteiger partial charge in [0, 0.05) is 31.9 Å². The van der Waals surface area contributed by atoms with Gasteiger partial charge >= 0.3 is 5.69 Å². The predicted molar refractivity (Wildman–Crippen MR) is 76.4 cm³/mol. The summed E-state index contributed by atoms with van der Waals surface area (Å²) in [7, 11) is 0. The molecule has 110 valence electrons. The molecule has 0 bridgehead atoms. The third-order valence-electron chi connectivity index (χ3n) is 3.60. The van der Waals surface area contributed by atoms with Crippen LogP contribution >= 0.6 is 0 Å². The molecular formula is C13H15N5O3. The van der Waals surface area contributed by atoms with Gasteiger partial charge in [-0.1, -0.05) is 0 Å². The zero-order valence-corrected chi connectivity index (χ0v) is 11.5. The SMILES string of the molecule is C[C@H]1CNCCN1C(=O)c1cnc2[nH]c(=O)[nH]c(=O)c2c1. The molecule has 3 N–H and O–H groups in total. The Labute approximate surface area is 119 Å². The molecule has 0 spiro atoms. The third-order valence-corrected chi connectivity index (χ3v) is 3.60. The van der Waals surface area contributed by atoms with E-state index in [1.807, 2.05) is 6.92 Å². The van der Waals surface area contributed by atoms with Crippen molar-refractivity contribution in [2.75, 3.05) is 19.6 Å². The van der Waals surface area contributed by atoms with E-state index in [1.54, 1.807) is 4.90 Å². The van der Waals surface area contributed by atoms with Crippen LogP contribution < -0.4 is 16.6 Å². The smallest absolute Gasteiger partial charge is 0.327 e. The second-order valence-electron chi connectivity index (χ2n) is 5.08. The molecule has 21 heavy (non-hydrogen) atoms. The number of hydrogen-bond donors (Lipinski definition) is 3. The van der Waals surface area contributed by atoms with E-state index in [0.717, 1.165) is 13.1 Å². The first kappa shape index (κ1) is 13.5. The summed E-state index contributed by atoms with van der Waals surface area (Å²) in [5.41, 5.74) is -0.651. The average molecular weight is 289 g/mol. The van der Waals surface area contributed by atoms with Gasteiger partial charge in [0.25, 0.3) is 11.5 Å². The Balaban J connectivity index is 2.03. The van der Waals surface area contributed by atoms with Gasteiger partial charge < -0.3 is 10.2 Å². The van der Waals surface area contributed by atoms with E-state index in [4.69, 9.17) is 0 Å². The molecule has 1 fully saturated rings. The van der Waals surface area contributed by atoms with E-state index in [9.17, 15) is 14.4 Å². The lowest BCUT2D eigenvalue weighted by molar-refractivity contribution is 0.0655. The Bertz CT molecular complexity index is 809. The van der Waals surface area contributed by atoms with Crippen molar-refractivity contribution in [3.63, 3.8) is 0 Å². The molecule has 8 nitrogen and oxygen atoms in total. The van der Waals surface area contributed by atoms with Crippen LogP contribution in [-0.2, 0) is 0 Å². The zero-order chi connectivity index (χ0) is 15.0. The summed E-state index contributed by atoms with van der Waals surface area (Å²) in [6.45, 7) is 4.05. The van der Waals surface area contributed by atoms with Gasteiger partial charge in [-0.25, -0.2) is 9.78 Å². The number of rotatable bonds is 1. The molecule has 1 saturated heterocycles. The van der Waals surface area contributed by atoms with E-state index in [1.165, 1.54) is 12.3 Å². The summed E-state index contributed by atoms with van der Waals surface area (Å²) in [6, 6.07) is 1.55. The number of amides is 1. The molecule has 0 radical (unpaired) electrons. The number of aromatic nitrogens is 3. The van der Waals surface area contributed by atoms with Crippen LogP contribution in [0.5, 0.6) is 0 Å². The topological polar surface area (TPSA) is 111 Å². The quantitative estimate of drug-likeness (QED) is 0.626. The number of hydrogen-bond acceptors (Lipinski definition) is 5. The van der Waals surface area contributed by atoms with Crippen molar-refractivity contribution < 1.29 is 4.79 Å². The summed E-state index contributed by atoms with van der Waals surface area (Å²) < 4.78 is 0. The number of nitrogens with one attached hydrogen (secondary N) is 3. The van der Waals surface area contributed by atoms with Crippen LogP contribution in [0.3, 0.4) is 0 Å². The number of pyridine rings is 1. The maximum absolute atomic E-state index is 12.5. The first-order chi connectivity index (χ1) is 10.1. The summed E-state index contributed by atoms with van der Waals surface area (Å²) in [6.07, 6.45) is 1.38. The largest absolute Gasteiger partial charge is 0.333 e. The van der Waals surface area contributed by atoms with Crippen LogP contribution in [0, 0.1) is 0 Å². The zero-order valence-electron chi connectivity index (χ0n) is 11.5. The number of piperazine rings is 1. The lowest BCUT2D eigenvalue weighted by Gasteiger charge is -2.33. The second kappa shape index (κ2) is 5.13. The highest BCUT2D eigenvalue weighted by atomic mass is 16.2. The highest BCUT2D eigenvalue weighted by molar-refractivity contribution is 5.96. The van der Waals surface area contributed by atoms with Gasteiger partial charge in [0.2, 0.25) is 0 Å². The predicted octanol–water partition coefficient (Wildman–Crippen LogP) is -0.955.